The van der Waals surface area contributed by atoms with Crippen molar-refractivity contribution < 1.29 is 13.5 Å². The van der Waals surface area contributed by atoms with E-state index in [2.05, 4.69) is 0 Å². The molecule has 0 spiro atoms. The van der Waals surface area contributed by atoms with Crippen molar-refractivity contribution in [2.24, 2.45) is 0 Å². The van der Waals surface area contributed by atoms with E-state index in [1.54, 1.807) is 193 Å². The van der Waals surface area contributed by atoms with Crippen LogP contribution >= 0.6 is 81.6 Å². The van der Waals surface area contributed by atoms with Gasteiger partial charge < -0.3 is 0 Å². The SMILES string of the molecule is C1CCC([PH+](C2CCCCC2)C2CCCCC2)CC1.C1CCC([PH+](C2CCCCC2)C2CCCCC2)CC1.C1CCCCCCC1.ClC/C=C/CCl.ClC/C=C\CCl.[Cl][Ru]([Cl])=[CH]c1ccccc1. The van der Waals surface area contributed by atoms with E-state index >= 15 is 0 Å². The van der Waals surface area contributed by atoms with Gasteiger partial charge in [0.2, 0.25) is 0 Å². The van der Waals surface area contributed by atoms with Gasteiger partial charge in [-0.25, -0.2) is 0 Å². The van der Waals surface area contributed by atoms with Crippen LogP contribution in [0.15, 0.2) is 54.6 Å². The number of benzene rings is 1. The number of hydrogen-bond donors (Lipinski definition) is 0. The molecule has 0 saturated heterocycles. The molecule has 68 heavy (non-hydrogen) atoms. The molecule has 396 valence electrons. The van der Waals surface area contributed by atoms with Crippen molar-refractivity contribution in [1.82, 2.24) is 0 Å². The Bertz CT molecular complexity index is 1150. The molecule has 0 N–H and O–H groups in total. The number of halogens is 6. The van der Waals surface area contributed by atoms with Gasteiger partial charge in [-0.15, -0.1) is 46.4 Å². The molecule has 7 saturated carbocycles. The van der Waals surface area contributed by atoms with E-state index in [0.29, 0.717) is 23.5 Å². The Labute approximate surface area is 457 Å². The summed E-state index contributed by atoms with van der Waals surface area (Å²) in [4.78, 5) is 0. The van der Waals surface area contributed by atoms with Gasteiger partial charge in [0, 0.05) is 39.4 Å². The summed E-state index contributed by atoms with van der Waals surface area (Å²) in [6, 6.07) is 9.89. The van der Waals surface area contributed by atoms with Gasteiger partial charge in [-0.3, -0.25) is 0 Å². The Morgan fingerprint density at radius 2 is 0.515 bits per heavy atom. The monoisotopic (exact) mass is 1180 g/mol. The first-order chi connectivity index (χ1) is 33.5. The molecule has 0 heterocycles. The van der Waals surface area contributed by atoms with Crippen LogP contribution in [0.2, 0.25) is 0 Å². The molecule has 1 aromatic rings. The van der Waals surface area contributed by atoms with Gasteiger partial charge in [0.05, 0.1) is 34.0 Å². The topological polar surface area (TPSA) is 0 Å². The van der Waals surface area contributed by atoms with E-state index in [0.717, 1.165) is 5.56 Å². The fourth-order valence-electron chi connectivity index (χ4n) is 12.9. The Hall–Kier alpha value is 1.79. The summed E-state index contributed by atoms with van der Waals surface area (Å²) in [6.07, 6.45) is 66.8. The third-order valence-corrected chi connectivity index (χ3v) is 27.8. The fraction of sp³-hybridized carbons (Fsp3) is 0.814. The standard InChI is InChI=1S/2C18H33P.C8H16.C7H6.2C4H6Cl2.2ClH.Ru/c2*1-4-10-16(11-5-1)19(17-12-6-2-7-13-17)18-14-8-3-9-15-18;1-2-4-6-8-7-5-3-1;1-7-5-3-2-4-6-7;2*5-3-1-2-4-6;;;/h2*16-18H,1-15H2;1-8H2;1-6H;2*1-2H,3-4H2;2*1H;/q;;;;;;;;+2/b;;;;2-1+;2-1-;;;. The molecule has 0 aromatic heterocycles. The minimum atomic E-state index is -1.61. The minimum absolute atomic E-state index is 0.0465. The summed E-state index contributed by atoms with van der Waals surface area (Å²) < 4.78 is 1.92. The molecule has 0 amide bonds. The molecule has 0 nitrogen and oxygen atoms in total. The molecule has 1 aromatic carbocycles. The van der Waals surface area contributed by atoms with Gasteiger partial charge in [-0.2, -0.15) is 0 Å². The average molecular weight is 1190 g/mol. The first-order valence-electron chi connectivity index (χ1n) is 28.7. The zero-order valence-corrected chi connectivity index (χ0v) is 51.3. The maximum absolute atomic E-state index is 5.67. The molecular weight excluding hydrogens is 1080 g/mol. The average Bonchev–Trinajstić information content (AvgIpc) is 3.38. The van der Waals surface area contributed by atoms with Crippen LogP contribution in [0.1, 0.15) is 250 Å². The number of allylic oxidation sites excluding steroid dienone is 4. The van der Waals surface area contributed by atoms with Crippen molar-refractivity contribution in [1.29, 1.82) is 0 Å². The normalized spacial score (nSPS) is 22.4. The molecule has 7 fully saturated rings. The molecule has 9 heteroatoms. The van der Waals surface area contributed by atoms with Crippen molar-refractivity contribution >= 4 is 86.2 Å². The molecule has 0 aliphatic heterocycles. The van der Waals surface area contributed by atoms with Crippen molar-refractivity contribution in [2.45, 2.75) is 278 Å². The van der Waals surface area contributed by atoms with Crippen molar-refractivity contribution in [3.8, 4) is 0 Å². The molecule has 7 aliphatic carbocycles. The molecular formula is C59H102Cl6P2Ru+2. The summed E-state index contributed by atoms with van der Waals surface area (Å²) in [5, 5.41) is 0. The second-order valence-corrected chi connectivity index (χ2v) is 35.0. The van der Waals surface area contributed by atoms with Gasteiger partial charge >= 0.3 is 73.4 Å². The second-order valence-electron chi connectivity index (χ2n) is 21.1. The molecule has 0 atom stereocenters. The van der Waals surface area contributed by atoms with Gasteiger partial charge in [0.15, 0.2) is 0 Å². The van der Waals surface area contributed by atoms with E-state index in [9.17, 15) is 0 Å². The Morgan fingerprint density at radius 1 is 0.324 bits per heavy atom. The molecule has 0 radical (unpaired) electrons. The van der Waals surface area contributed by atoms with Crippen LogP contribution in [-0.2, 0) is 13.5 Å². The van der Waals surface area contributed by atoms with Crippen molar-refractivity contribution in [3.05, 3.63) is 60.2 Å². The zero-order valence-electron chi connectivity index (χ0n) is 43.1. The van der Waals surface area contributed by atoms with Crippen LogP contribution < -0.4 is 0 Å². The number of alkyl halides is 4. The van der Waals surface area contributed by atoms with E-state index < -0.39 is 13.5 Å². The van der Waals surface area contributed by atoms with Crippen LogP contribution in [0.5, 0.6) is 0 Å². The predicted molar refractivity (Wildman–Crippen MR) is 319 cm³/mol. The van der Waals surface area contributed by atoms with Gasteiger partial charge in [-0.05, 0) is 154 Å². The Balaban J connectivity index is 0.000000232. The van der Waals surface area contributed by atoms with Crippen LogP contribution in [0, 0.1) is 0 Å². The first-order valence-corrected chi connectivity index (χ1v) is 39.8. The van der Waals surface area contributed by atoms with E-state index in [1.165, 1.54) is 85.3 Å². The third kappa shape index (κ3) is 30.4. The van der Waals surface area contributed by atoms with Crippen molar-refractivity contribution in [3.63, 3.8) is 0 Å². The Morgan fingerprint density at radius 3 is 0.691 bits per heavy atom. The van der Waals surface area contributed by atoms with Gasteiger partial charge in [0.25, 0.3) is 0 Å². The number of hydrogen-bond acceptors (Lipinski definition) is 0. The van der Waals surface area contributed by atoms with Gasteiger partial charge in [-0.1, -0.05) is 114 Å². The zero-order chi connectivity index (χ0) is 48.5. The Kier molecular flexibility index (Phi) is 42.4. The summed E-state index contributed by atoms with van der Waals surface area (Å²) in [7, 11) is 11.2. The molecule has 7 aliphatic rings. The van der Waals surface area contributed by atoms with Crippen molar-refractivity contribution in [2.75, 3.05) is 23.5 Å². The van der Waals surface area contributed by atoms with Crippen LogP contribution in [0.4, 0.5) is 0 Å². The summed E-state index contributed by atoms with van der Waals surface area (Å²) in [5.74, 6) is 2.25. The predicted octanol–water partition coefficient (Wildman–Crippen LogP) is 22.3. The maximum atomic E-state index is 5.67. The van der Waals surface area contributed by atoms with Crippen LogP contribution in [0.3, 0.4) is 0 Å². The third-order valence-electron chi connectivity index (χ3n) is 16.1. The number of rotatable bonds is 11. The van der Waals surface area contributed by atoms with E-state index in [1.807, 2.05) is 59.2 Å². The second kappa shape index (κ2) is 45.0. The van der Waals surface area contributed by atoms with E-state index in [-0.39, 0.29) is 15.8 Å². The molecule has 0 unspecified atom stereocenters. The van der Waals surface area contributed by atoms with Crippen LogP contribution in [-0.4, -0.2) is 62.1 Å². The van der Waals surface area contributed by atoms with E-state index in [4.69, 9.17) is 65.8 Å². The molecule has 0 bridgehead atoms. The summed E-state index contributed by atoms with van der Waals surface area (Å²) >= 11 is 19.3. The summed E-state index contributed by atoms with van der Waals surface area (Å²) in [5.41, 5.74) is 8.48. The quantitative estimate of drug-likeness (QED) is 0.0897. The van der Waals surface area contributed by atoms with Crippen LogP contribution in [0.25, 0.3) is 0 Å². The first kappa shape index (κ1) is 64.1. The summed E-state index contributed by atoms with van der Waals surface area (Å²) in [6.45, 7) is 0. The molecule has 8 rings (SSSR count). The van der Waals surface area contributed by atoms with Gasteiger partial charge in [0.1, 0.15) is 0 Å². The fourth-order valence-corrected chi connectivity index (χ4v) is 25.7.